The molecule has 32 heavy (non-hydrogen) atoms. The first-order valence-corrected chi connectivity index (χ1v) is 10.5. The van der Waals surface area contributed by atoms with Crippen LogP contribution in [0.2, 0.25) is 5.02 Å². The molecule has 6 heteroatoms. The second kappa shape index (κ2) is 9.20. The van der Waals surface area contributed by atoms with Crippen LogP contribution in [0.4, 0.5) is 5.69 Å². The first kappa shape index (κ1) is 21.5. The van der Waals surface area contributed by atoms with Crippen LogP contribution < -0.4 is 5.32 Å². The predicted molar refractivity (Wildman–Crippen MR) is 127 cm³/mol. The van der Waals surface area contributed by atoms with E-state index in [0.29, 0.717) is 32.9 Å². The van der Waals surface area contributed by atoms with E-state index < -0.39 is 18.5 Å². The fraction of sp³-hybridized carbons (Fsp3) is 0.115. The zero-order chi connectivity index (χ0) is 22.7. The third kappa shape index (κ3) is 4.79. The molecule has 0 saturated carbocycles. The number of pyridine rings is 1. The number of carbonyl (C=O) groups is 2. The van der Waals surface area contributed by atoms with Crippen molar-refractivity contribution in [3.8, 4) is 11.3 Å². The summed E-state index contributed by atoms with van der Waals surface area (Å²) in [5, 5.41) is 3.90. The van der Waals surface area contributed by atoms with Crippen LogP contribution in [0.5, 0.6) is 0 Å². The van der Waals surface area contributed by atoms with Gasteiger partial charge in [0.05, 0.1) is 16.8 Å². The summed E-state index contributed by atoms with van der Waals surface area (Å²) in [5.74, 6) is -1.03. The van der Waals surface area contributed by atoms with E-state index in [9.17, 15) is 9.59 Å². The molecule has 0 spiro atoms. The van der Waals surface area contributed by atoms with Crippen LogP contribution >= 0.6 is 11.6 Å². The van der Waals surface area contributed by atoms with Crippen molar-refractivity contribution in [2.75, 3.05) is 11.9 Å². The maximum atomic E-state index is 12.9. The molecular weight excluding hydrogens is 424 g/mol. The Bertz CT molecular complexity index is 1320. The average molecular weight is 445 g/mol. The van der Waals surface area contributed by atoms with Crippen molar-refractivity contribution in [2.24, 2.45) is 0 Å². The number of carbonyl (C=O) groups excluding carboxylic acids is 2. The highest BCUT2D eigenvalue weighted by Crippen LogP contribution is 2.26. The van der Waals surface area contributed by atoms with E-state index >= 15 is 0 Å². The van der Waals surface area contributed by atoms with Crippen molar-refractivity contribution in [1.82, 2.24) is 4.98 Å². The van der Waals surface area contributed by atoms with Gasteiger partial charge in [0.25, 0.3) is 5.91 Å². The van der Waals surface area contributed by atoms with Gasteiger partial charge in [0.1, 0.15) is 0 Å². The van der Waals surface area contributed by atoms with Crippen LogP contribution in [0.1, 0.15) is 21.5 Å². The number of esters is 1. The van der Waals surface area contributed by atoms with E-state index in [-0.39, 0.29) is 0 Å². The average Bonchev–Trinajstić information content (AvgIpc) is 2.79. The highest BCUT2D eigenvalue weighted by atomic mass is 35.5. The molecule has 4 rings (SSSR count). The minimum absolute atomic E-state index is 0.359. The largest absolute Gasteiger partial charge is 0.452 e. The second-order valence-electron chi connectivity index (χ2n) is 7.52. The number of anilines is 1. The number of rotatable bonds is 5. The monoisotopic (exact) mass is 444 g/mol. The summed E-state index contributed by atoms with van der Waals surface area (Å²) in [5.41, 5.74) is 5.16. The topological polar surface area (TPSA) is 68.3 Å². The van der Waals surface area contributed by atoms with Gasteiger partial charge >= 0.3 is 5.97 Å². The van der Waals surface area contributed by atoms with E-state index in [2.05, 4.69) is 10.3 Å². The van der Waals surface area contributed by atoms with Crippen molar-refractivity contribution in [3.05, 3.63) is 94.5 Å². The number of ether oxygens (including phenoxy) is 1. The number of halogens is 1. The normalized spacial score (nSPS) is 10.7. The number of aromatic nitrogens is 1. The Hall–Kier alpha value is -3.70. The number of amides is 1. The molecule has 0 fully saturated rings. The molecule has 3 aromatic carbocycles. The maximum Gasteiger partial charge on any atom is 0.339 e. The predicted octanol–water partition coefficient (Wildman–Crippen LogP) is 5.97. The van der Waals surface area contributed by atoms with Crippen molar-refractivity contribution < 1.29 is 14.3 Å². The Kier molecular flexibility index (Phi) is 6.19. The van der Waals surface area contributed by atoms with Crippen LogP contribution in [0, 0.1) is 13.8 Å². The van der Waals surface area contributed by atoms with Gasteiger partial charge in [0.15, 0.2) is 6.61 Å². The van der Waals surface area contributed by atoms with Gasteiger partial charge < -0.3 is 10.1 Å². The van der Waals surface area contributed by atoms with E-state index in [0.717, 1.165) is 16.7 Å². The number of nitrogens with zero attached hydrogens (tertiary/aromatic N) is 1. The molecule has 0 bridgehead atoms. The van der Waals surface area contributed by atoms with E-state index in [4.69, 9.17) is 16.3 Å². The molecule has 0 aliphatic carbocycles. The van der Waals surface area contributed by atoms with Crippen molar-refractivity contribution in [1.29, 1.82) is 0 Å². The fourth-order valence-electron chi connectivity index (χ4n) is 3.34. The van der Waals surface area contributed by atoms with Gasteiger partial charge in [-0.2, -0.15) is 0 Å². The summed E-state index contributed by atoms with van der Waals surface area (Å²) in [6.07, 6.45) is 0. The summed E-state index contributed by atoms with van der Waals surface area (Å²) in [6.45, 7) is 3.45. The molecule has 5 nitrogen and oxygen atoms in total. The van der Waals surface area contributed by atoms with Gasteiger partial charge in [-0.05, 0) is 43.7 Å². The van der Waals surface area contributed by atoms with Crippen LogP contribution in [-0.4, -0.2) is 23.5 Å². The molecular formula is C26H21ClN2O3. The molecule has 0 saturated heterocycles. The highest BCUT2D eigenvalue weighted by Gasteiger charge is 2.17. The lowest BCUT2D eigenvalue weighted by molar-refractivity contribution is -0.119. The van der Waals surface area contributed by atoms with Crippen LogP contribution in [0.3, 0.4) is 0 Å². The second-order valence-corrected chi connectivity index (χ2v) is 7.96. The Morgan fingerprint density at radius 1 is 0.969 bits per heavy atom. The minimum atomic E-state index is -0.588. The zero-order valence-electron chi connectivity index (χ0n) is 17.7. The van der Waals surface area contributed by atoms with Crippen molar-refractivity contribution in [2.45, 2.75) is 13.8 Å². The van der Waals surface area contributed by atoms with Gasteiger partial charge in [-0.15, -0.1) is 0 Å². The van der Waals surface area contributed by atoms with Gasteiger partial charge in [-0.25, -0.2) is 9.78 Å². The molecule has 0 unspecified atom stereocenters. The summed E-state index contributed by atoms with van der Waals surface area (Å²) >= 11 is 5.99. The lowest BCUT2D eigenvalue weighted by atomic mass is 10.0. The third-order valence-electron chi connectivity index (χ3n) is 5.09. The fourth-order valence-corrected chi connectivity index (χ4v) is 3.51. The van der Waals surface area contributed by atoms with Gasteiger partial charge in [-0.1, -0.05) is 65.7 Å². The number of aryl methyl sites for hydroxylation is 2. The molecule has 0 atom stereocenters. The molecule has 4 aromatic rings. The van der Waals surface area contributed by atoms with Gasteiger partial charge in [-0.3, -0.25) is 4.79 Å². The number of hydrogen-bond donors (Lipinski definition) is 1. The first-order valence-electron chi connectivity index (χ1n) is 10.1. The lowest BCUT2D eigenvalue weighted by Crippen LogP contribution is -2.21. The number of nitrogens with one attached hydrogen (secondary N) is 1. The number of benzene rings is 3. The van der Waals surface area contributed by atoms with Crippen LogP contribution in [-0.2, 0) is 9.53 Å². The Morgan fingerprint density at radius 2 is 1.72 bits per heavy atom. The van der Waals surface area contributed by atoms with Crippen molar-refractivity contribution in [3.63, 3.8) is 0 Å². The van der Waals surface area contributed by atoms with Gasteiger partial charge in [0.2, 0.25) is 0 Å². The summed E-state index contributed by atoms with van der Waals surface area (Å²) in [7, 11) is 0. The molecule has 0 radical (unpaired) electrons. The SMILES string of the molecule is Cc1ccc(-c2cc(C(=O)OCC(=O)Nc3cc(Cl)ccc3C)c3ccccc3n2)cc1. The Labute approximate surface area is 191 Å². The lowest BCUT2D eigenvalue weighted by Gasteiger charge is -2.11. The quantitative estimate of drug-likeness (QED) is 0.385. The van der Waals surface area contributed by atoms with E-state index in [1.165, 1.54) is 0 Å². The van der Waals surface area contributed by atoms with Crippen LogP contribution in [0.15, 0.2) is 72.8 Å². The third-order valence-corrected chi connectivity index (χ3v) is 5.33. The van der Waals surface area contributed by atoms with E-state index in [1.807, 2.05) is 62.4 Å². The standard InChI is InChI=1S/C26H21ClN2O3/c1-16-7-10-18(11-8-16)24-14-21(20-5-3-4-6-22(20)28-24)26(31)32-15-25(30)29-23-13-19(27)12-9-17(23)2/h3-14H,15H2,1-2H3,(H,29,30). The van der Waals surface area contributed by atoms with Crippen LogP contribution in [0.25, 0.3) is 22.2 Å². The van der Waals surface area contributed by atoms with E-state index in [1.54, 1.807) is 24.3 Å². The summed E-state index contributed by atoms with van der Waals surface area (Å²) in [6, 6.07) is 22.2. The zero-order valence-corrected chi connectivity index (χ0v) is 18.4. The molecule has 1 heterocycles. The highest BCUT2D eigenvalue weighted by molar-refractivity contribution is 6.31. The maximum absolute atomic E-state index is 12.9. The molecule has 1 aromatic heterocycles. The summed E-state index contributed by atoms with van der Waals surface area (Å²) < 4.78 is 5.34. The molecule has 1 amide bonds. The Balaban J connectivity index is 1.56. The first-order chi connectivity index (χ1) is 15.4. The molecule has 0 aliphatic rings. The molecule has 0 aliphatic heterocycles. The minimum Gasteiger partial charge on any atom is -0.452 e. The van der Waals surface area contributed by atoms with Gasteiger partial charge in [0, 0.05) is 21.7 Å². The molecule has 1 N–H and O–H groups in total. The number of fused-ring (bicyclic) bond motifs is 1. The molecule has 160 valence electrons. The number of hydrogen-bond acceptors (Lipinski definition) is 4. The smallest absolute Gasteiger partial charge is 0.339 e. The Morgan fingerprint density at radius 3 is 2.50 bits per heavy atom. The summed E-state index contributed by atoms with van der Waals surface area (Å²) in [4.78, 5) is 30.0. The van der Waals surface area contributed by atoms with Crippen molar-refractivity contribution >= 4 is 40.1 Å². The number of para-hydroxylation sites is 1.